The standard InChI is InChI=1S/C9H5F5INO3/c10-8(11)4-1-5(19-9(12,13)14)7(15)3(16-4)2-6(17)18/h1,8H,2H2,(H,17,18). The molecular formula is C9H5F5INO3. The van der Waals surface area contributed by atoms with Crippen molar-refractivity contribution >= 4 is 28.6 Å². The maximum atomic E-state index is 12.5. The fraction of sp³-hybridized carbons (Fsp3) is 0.333. The summed E-state index contributed by atoms with van der Waals surface area (Å²) in [7, 11) is 0. The van der Waals surface area contributed by atoms with E-state index in [1.165, 1.54) is 22.6 Å². The summed E-state index contributed by atoms with van der Waals surface area (Å²) in [6.45, 7) is 0. The molecule has 0 aliphatic rings. The minimum atomic E-state index is -5.07. The van der Waals surface area contributed by atoms with Gasteiger partial charge < -0.3 is 9.84 Å². The van der Waals surface area contributed by atoms with Crippen LogP contribution < -0.4 is 4.74 Å². The molecule has 0 radical (unpaired) electrons. The predicted molar refractivity (Wildman–Crippen MR) is 59.9 cm³/mol. The first-order valence-corrected chi connectivity index (χ1v) is 5.63. The molecule has 0 aliphatic carbocycles. The number of hydrogen-bond acceptors (Lipinski definition) is 3. The predicted octanol–water partition coefficient (Wildman–Crippen LogP) is 3.15. The van der Waals surface area contributed by atoms with Crippen LogP contribution in [0.15, 0.2) is 6.07 Å². The van der Waals surface area contributed by atoms with Crippen LogP contribution in [-0.2, 0) is 11.2 Å². The number of ether oxygens (including phenoxy) is 1. The summed E-state index contributed by atoms with van der Waals surface area (Å²) < 4.78 is 64.6. The van der Waals surface area contributed by atoms with Gasteiger partial charge in [0.1, 0.15) is 11.4 Å². The largest absolute Gasteiger partial charge is 0.573 e. The second-order valence-electron chi connectivity index (χ2n) is 3.22. The number of aliphatic carboxylic acids is 1. The van der Waals surface area contributed by atoms with Crippen molar-refractivity contribution in [3.8, 4) is 5.75 Å². The molecule has 0 saturated heterocycles. The highest BCUT2D eigenvalue weighted by molar-refractivity contribution is 14.1. The molecule has 0 aromatic carbocycles. The summed E-state index contributed by atoms with van der Waals surface area (Å²) >= 11 is 1.36. The van der Waals surface area contributed by atoms with E-state index in [2.05, 4.69) is 9.72 Å². The van der Waals surface area contributed by atoms with Crippen molar-refractivity contribution in [1.82, 2.24) is 4.98 Å². The summed E-state index contributed by atoms with van der Waals surface area (Å²) in [5.41, 5.74) is -1.39. The summed E-state index contributed by atoms with van der Waals surface area (Å²) in [5, 5.41) is 8.55. The number of hydrogen-bond donors (Lipinski definition) is 1. The Morgan fingerprint density at radius 1 is 1.47 bits per heavy atom. The van der Waals surface area contributed by atoms with Crippen molar-refractivity contribution in [3.63, 3.8) is 0 Å². The molecule has 10 heteroatoms. The second-order valence-corrected chi connectivity index (χ2v) is 4.30. The fourth-order valence-electron chi connectivity index (χ4n) is 1.15. The number of carboxylic acids is 1. The van der Waals surface area contributed by atoms with Crippen molar-refractivity contribution in [3.05, 3.63) is 21.0 Å². The fourth-order valence-corrected chi connectivity index (χ4v) is 1.73. The van der Waals surface area contributed by atoms with E-state index in [-0.39, 0.29) is 3.57 Å². The molecule has 0 aliphatic heterocycles. The van der Waals surface area contributed by atoms with Crippen LogP contribution in [0.5, 0.6) is 5.75 Å². The first kappa shape index (κ1) is 15.9. The average Bonchev–Trinajstić information content (AvgIpc) is 2.20. The van der Waals surface area contributed by atoms with Crippen molar-refractivity contribution < 1.29 is 36.6 Å². The molecule has 0 fully saturated rings. The zero-order valence-electron chi connectivity index (χ0n) is 8.84. The summed E-state index contributed by atoms with van der Waals surface area (Å²) in [6, 6.07) is 0.436. The molecule has 19 heavy (non-hydrogen) atoms. The van der Waals surface area contributed by atoms with Crippen LogP contribution in [0.1, 0.15) is 17.8 Å². The van der Waals surface area contributed by atoms with Crippen LogP contribution in [0.25, 0.3) is 0 Å². The van der Waals surface area contributed by atoms with Crippen molar-refractivity contribution in [2.24, 2.45) is 0 Å². The van der Waals surface area contributed by atoms with Gasteiger partial charge in [0, 0.05) is 6.07 Å². The molecule has 1 heterocycles. The lowest BCUT2D eigenvalue weighted by atomic mass is 10.2. The van der Waals surface area contributed by atoms with E-state index >= 15 is 0 Å². The van der Waals surface area contributed by atoms with Gasteiger partial charge >= 0.3 is 12.3 Å². The zero-order chi connectivity index (χ0) is 14.8. The van der Waals surface area contributed by atoms with E-state index in [1.807, 2.05) is 0 Å². The van der Waals surface area contributed by atoms with Crippen LogP contribution in [0.2, 0.25) is 0 Å². The molecular weight excluding hydrogens is 392 g/mol. The SMILES string of the molecule is O=C(O)Cc1nc(C(F)F)cc(OC(F)(F)F)c1I. The third-order valence-electron chi connectivity index (χ3n) is 1.78. The summed E-state index contributed by atoms with van der Waals surface area (Å²) in [5.74, 6) is -2.30. The molecule has 0 unspecified atom stereocenters. The monoisotopic (exact) mass is 397 g/mol. The normalized spacial score (nSPS) is 11.7. The van der Waals surface area contributed by atoms with Gasteiger partial charge in [0.15, 0.2) is 0 Å². The maximum Gasteiger partial charge on any atom is 0.573 e. The van der Waals surface area contributed by atoms with Gasteiger partial charge in [0.2, 0.25) is 0 Å². The molecule has 0 spiro atoms. The topological polar surface area (TPSA) is 59.4 Å². The minimum Gasteiger partial charge on any atom is -0.481 e. The molecule has 1 N–H and O–H groups in total. The lowest BCUT2D eigenvalue weighted by Crippen LogP contribution is -2.19. The molecule has 1 rings (SSSR count). The smallest absolute Gasteiger partial charge is 0.481 e. The molecule has 1 aromatic heterocycles. The third-order valence-corrected chi connectivity index (χ3v) is 2.93. The number of alkyl halides is 5. The Morgan fingerprint density at radius 2 is 2.05 bits per heavy atom. The van der Waals surface area contributed by atoms with Gasteiger partial charge in [-0.05, 0) is 22.6 Å². The highest BCUT2D eigenvalue weighted by Crippen LogP contribution is 2.32. The maximum absolute atomic E-state index is 12.5. The van der Waals surface area contributed by atoms with Crippen LogP contribution in [0, 0.1) is 3.57 Å². The van der Waals surface area contributed by atoms with E-state index in [0.717, 1.165) is 0 Å². The van der Waals surface area contributed by atoms with Crippen molar-refractivity contribution in [2.45, 2.75) is 19.2 Å². The Balaban J connectivity index is 3.28. The van der Waals surface area contributed by atoms with Crippen LogP contribution in [0.4, 0.5) is 22.0 Å². The van der Waals surface area contributed by atoms with E-state index in [0.29, 0.717) is 6.07 Å². The zero-order valence-corrected chi connectivity index (χ0v) is 11.0. The lowest BCUT2D eigenvalue weighted by Gasteiger charge is -2.14. The number of halogens is 6. The van der Waals surface area contributed by atoms with Crippen LogP contribution in [-0.4, -0.2) is 22.4 Å². The van der Waals surface area contributed by atoms with Gasteiger partial charge in [-0.3, -0.25) is 4.79 Å². The highest BCUT2D eigenvalue weighted by Gasteiger charge is 2.33. The van der Waals surface area contributed by atoms with Crippen molar-refractivity contribution in [1.29, 1.82) is 0 Å². The summed E-state index contributed by atoms with van der Waals surface area (Å²) in [4.78, 5) is 13.8. The Bertz CT molecular complexity index is 491. The van der Waals surface area contributed by atoms with E-state index < -0.39 is 42.3 Å². The Kier molecular flexibility index (Phi) is 4.87. The van der Waals surface area contributed by atoms with Crippen molar-refractivity contribution in [2.75, 3.05) is 0 Å². The van der Waals surface area contributed by atoms with Gasteiger partial charge in [0.05, 0.1) is 15.7 Å². The number of carboxylic acid groups (broad SMARTS) is 1. The minimum absolute atomic E-state index is 0.276. The number of nitrogens with zero attached hydrogens (tertiary/aromatic N) is 1. The second kappa shape index (κ2) is 5.84. The number of aromatic nitrogens is 1. The number of rotatable bonds is 4. The molecule has 0 saturated carbocycles. The Hall–Kier alpha value is -1.20. The van der Waals surface area contributed by atoms with Gasteiger partial charge in [-0.15, -0.1) is 13.2 Å². The number of pyridine rings is 1. The summed E-state index contributed by atoms with van der Waals surface area (Å²) in [6.07, 6.45) is -8.99. The van der Waals surface area contributed by atoms with Gasteiger partial charge in [-0.1, -0.05) is 0 Å². The van der Waals surface area contributed by atoms with E-state index in [4.69, 9.17) is 5.11 Å². The van der Waals surface area contributed by atoms with E-state index in [1.54, 1.807) is 0 Å². The van der Waals surface area contributed by atoms with E-state index in [9.17, 15) is 26.7 Å². The van der Waals surface area contributed by atoms with Crippen LogP contribution in [0.3, 0.4) is 0 Å². The van der Waals surface area contributed by atoms with Crippen LogP contribution >= 0.6 is 22.6 Å². The lowest BCUT2D eigenvalue weighted by molar-refractivity contribution is -0.275. The first-order chi connectivity index (χ1) is 8.60. The molecule has 0 atom stereocenters. The molecule has 4 nitrogen and oxygen atoms in total. The third kappa shape index (κ3) is 4.76. The Labute approximate surface area is 116 Å². The molecule has 0 bridgehead atoms. The molecule has 106 valence electrons. The first-order valence-electron chi connectivity index (χ1n) is 4.55. The Morgan fingerprint density at radius 3 is 2.47 bits per heavy atom. The molecule has 0 amide bonds. The molecule has 1 aromatic rings. The van der Waals surface area contributed by atoms with Gasteiger partial charge in [-0.25, -0.2) is 13.8 Å². The highest BCUT2D eigenvalue weighted by atomic mass is 127. The quantitative estimate of drug-likeness (QED) is 0.627. The van der Waals surface area contributed by atoms with Gasteiger partial charge in [-0.2, -0.15) is 0 Å². The number of carbonyl (C=O) groups is 1. The van der Waals surface area contributed by atoms with Gasteiger partial charge in [0.25, 0.3) is 6.43 Å². The average molecular weight is 397 g/mol.